The maximum absolute atomic E-state index is 13.4. The molecule has 0 radical (unpaired) electrons. The molecule has 3 heterocycles. The molecule has 1 aromatic carbocycles. The number of sulfonamides is 1. The fraction of sp³-hybridized carbons (Fsp3) is 0.741. The lowest BCUT2D eigenvalue weighted by Crippen LogP contribution is -2.49. The predicted octanol–water partition coefficient (Wildman–Crippen LogP) is 3.98. The number of nitrogens with zero attached hydrogens (tertiary/aromatic N) is 3. The van der Waals surface area contributed by atoms with Crippen molar-refractivity contribution in [3.05, 3.63) is 28.8 Å². The molecule has 1 unspecified atom stereocenters. The highest BCUT2D eigenvalue weighted by Gasteiger charge is 2.36. The highest BCUT2D eigenvalue weighted by Crippen LogP contribution is 2.30. The molecule has 190 valence electrons. The van der Waals surface area contributed by atoms with Crippen LogP contribution >= 0.6 is 0 Å². The Hall–Kier alpha value is -1.44. The molecule has 0 N–H and O–H groups in total. The van der Waals surface area contributed by atoms with Crippen LogP contribution in [0.25, 0.3) is 0 Å². The Balaban J connectivity index is 1.32. The van der Waals surface area contributed by atoms with Gasteiger partial charge in [0.2, 0.25) is 15.9 Å². The smallest absolute Gasteiger partial charge is 0.243 e. The summed E-state index contributed by atoms with van der Waals surface area (Å²) in [6.45, 7) is 14.2. The Bertz CT molecular complexity index is 954. The minimum absolute atomic E-state index is 0.0544. The van der Waals surface area contributed by atoms with Crippen LogP contribution in [0.1, 0.15) is 62.1 Å². The van der Waals surface area contributed by atoms with E-state index < -0.39 is 10.0 Å². The van der Waals surface area contributed by atoms with Crippen molar-refractivity contribution < 1.29 is 13.2 Å². The first kappa shape index (κ1) is 25.6. The number of benzene rings is 1. The second kappa shape index (κ2) is 10.7. The summed E-state index contributed by atoms with van der Waals surface area (Å²) in [6.07, 6.45) is 6.11. The van der Waals surface area contributed by atoms with E-state index in [2.05, 4.69) is 16.7 Å². The van der Waals surface area contributed by atoms with Gasteiger partial charge in [0, 0.05) is 38.6 Å². The third-order valence-electron chi connectivity index (χ3n) is 8.23. The van der Waals surface area contributed by atoms with Crippen molar-refractivity contribution in [2.75, 3.05) is 45.8 Å². The summed E-state index contributed by atoms with van der Waals surface area (Å²) in [7, 11) is -3.54. The third-order valence-corrected chi connectivity index (χ3v) is 10.4. The number of piperidine rings is 3. The largest absolute Gasteiger partial charge is 0.342 e. The average Bonchev–Trinajstić information content (AvgIpc) is 2.79. The van der Waals surface area contributed by atoms with E-state index in [0.717, 1.165) is 48.7 Å². The molecule has 3 aliphatic heterocycles. The van der Waals surface area contributed by atoms with Crippen LogP contribution < -0.4 is 0 Å². The van der Waals surface area contributed by atoms with Crippen molar-refractivity contribution in [1.29, 1.82) is 0 Å². The van der Waals surface area contributed by atoms with Gasteiger partial charge in [0.05, 0.1) is 4.90 Å². The van der Waals surface area contributed by atoms with Gasteiger partial charge in [-0.2, -0.15) is 4.31 Å². The van der Waals surface area contributed by atoms with E-state index in [-0.39, 0.29) is 11.8 Å². The fourth-order valence-corrected chi connectivity index (χ4v) is 8.21. The molecule has 0 saturated carbocycles. The lowest BCUT2D eigenvalue weighted by atomic mass is 9.91. The van der Waals surface area contributed by atoms with E-state index in [0.29, 0.717) is 36.7 Å². The molecule has 1 aromatic rings. The van der Waals surface area contributed by atoms with Gasteiger partial charge in [-0.3, -0.25) is 4.79 Å². The minimum Gasteiger partial charge on any atom is -0.342 e. The molecule has 3 fully saturated rings. The molecule has 1 atom stereocenters. The molecule has 3 aliphatic rings. The zero-order valence-electron chi connectivity index (χ0n) is 21.6. The lowest BCUT2D eigenvalue weighted by molar-refractivity contribution is -0.138. The molecule has 7 heteroatoms. The molecule has 1 amide bonds. The summed E-state index contributed by atoms with van der Waals surface area (Å²) in [5, 5.41) is 0. The Morgan fingerprint density at radius 3 is 2.15 bits per heavy atom. The van der Waals surface area contributed by atoms with Gasteiger partial charge in [-0.25, -0.2) is 8.42 Å². The van der Waals surface area contributed by atoms with Crippen molar-refractivity contribution in [3.8, 4) is 0 Å². The molecule has 0 aromatic heterocycles. The van der Waals surface area contributed by atoms with Crippen molar-refractivity contribution in [3.63, 3.8) is 0 Å². The monoisotopic (exact) mass is 489 g/mol. The van der Waals surface area contributed by atoms with Crippen LogP contribution in [0.4, 0.5) is 0 Å². The molecule has 0 bridgehead atoms. The molecule has 0 aliphatic carbocycles. The third kappa shape index (κ3) is 5.68. The van der Waals surface area contributed by atoms with Gasteiger partial charge in [-0.15, -0.1) is 0 Å². The van der Waals surface area contributed by atoms with Gasteiger partial charge >= 0.3 is 0 Å². The molecule has 4 rings (SSSR count). The van der Waals surface area contributed by atoms with Crippen LogP contribution in [-0.4, -0.2) is 74.2 Å². The number of amides is 1. The Morgan fingerprint density at radius 2 is 1.53 bits per heavy atom. The van der Waals surface area contributed by atoms with Gasteiger partial charge in [0.15, 0.2) is 0 Å². The standard InChI is InChI=1S/C27H43N3O3S/c1-20-7-12-28(13-8-20)18-24-6-5-11-29(19-24)27(31)25-9-14-30(15-10-25)34(32,33)26-22(3)16-21(2)17-23(26)4/h16-17,20,24-25H,5-15,18-19H2,1-4H3. The maximum Gasteiger partial charge on any atom is 0.243 e. The number of rotatable bonds is 5. The first-order valence-electron chi connectivity index (χ1n) is 13.2. The number of carbonyl (C=O) groups excluding carboxylic acids is 1. The van der Waals surface area contributed by atoms with Crippen LogP contribution in [0.2, 0.25) is 0 Å². The van der Waals surface area contributed by atoms with Gasteiger partial charge in [0.25, 0.3) is 0 Å². The van der Waals surface area contributed by atoms with E-state index in [9.17, 15) is 13.2 Å². The fourth-order valence-electron chi connectivity index (χ4n) is 6.33. The van der Waals surface area contributed by atoms with Crippen molar-refractivity contribution >= 4 is 15.9 Å². The van der Waals surface area contributed by atoms with Crippen LogP contribution in [0, 0.1) is 38.5 Å². The molecular formula is C27H43N3O3S. The average molecular weight is 490 g/mol. The van der Waals surface area contributed by atoms with E-state index in [1.807, 2.05) is 32.9 Å². The van der Waals surface area contributed by atoms with Crippen molar-refractivity contribution in [2.45, 2.75) is 71.1 Å². The maximum atomic E-state index is 13.4. The Morgan fingerprint density at radius 1 is 0.912 bits per heavy atom. The highest BCUT2D eigenvalue weighted by molar-refractivity contribution is 7.89. The van der Waals surface area contributed by atoms with Crippen LogP contribution in [0.15, 0.2) is 17.0 Å². The van der Waals surface area contributed by atoms with Crippen LogP contribution in [0.5, 0.6) is 0 Å². The van der Waals surface area contributed by atoms with E-state index in [1.165, 1.54) is 32.4 Å². The van der Waals surface area contributed by atoms with Crippen molar-refractivity contribution in [2.24, 2.45) is 17.8 Å². The first-order chi connectivity index (χ1) is 16.1. The number of hydrogen-bond acceptors (Lipinski definition) is 4. The van der Waals surface area contributed by atoms with Gasteiger partial charge in [0.1, 0.15) is 0 Å². The summed E-state index contributed by atoms with van der Waals surface area (Å²) in [6, 6.07) is 3.88. The van der Waals surface area contributed by atoms with E-state index >= 15 is 0 Å². The van der Waals surface area contributed by atoms with Crippen LogP contribution in [0.3, 0.4) is 0 Å². The van der Waals surface area contributed by atoms with E-state index in [1.54, 1.807) is 4.31 Å². The normalized spacial score (nSPS) is 24.5. The number of hydrogen-bond donors (Lipinski definition) is 0. The predicted molar refractivity (Wildman–Crippen MR) is 136 cm³/mol. The van der Waals surface area contributed by atoms with Gasteiger partial charge in [-0.1, -0.05) is 24.6 Å². The van der Waals surface area contributed by atoms with Crippen LogP contribution in [-0.2, 0) is 14.8 Å². The number of aryl methyl sites for hydroxylation is 3. The Labute approximate surface area is 206 Å². The van der Waals surface area contributed by atoms with Gasteiger partial charge < -0.3 is 9.80 Å². The number of likely N-dealkylation sites (tertiary alicyclic amines) is 2. The quantitative estimate of drug-likeness (QED) is 0.628. The second-order valence-corrected chi connectivity index (χ2v) is 13.1. The second-order valence-electron chi connectivity index (χ2n) is 11.2. The Kier molecular flexibility index (Phi) is 8.05. The lowest BCUT2D eigenvalue weighted by Gasteiger charge is -2.40. The van der Waals surface area contributed by atoms with Gasteiger partial charge in [-0.05, 0) is 95.3 Å². The van der Waals surface area contributed by atoms with E-state index in [4.69, 9.17) is 0 Å². The molecule has 0 spiro atoms. The molecule has 3 saturated heterocycles. The summed E-state index contributed by atoms with van der Waals surface area (Å²) < 4.78 is 28.4. The highest BCUT2D eigenvalue weighted by atomic mass is 32.2. The first-order valence-corrected chi connectivity index (χ1v) is 14.7. The zero-order chi connectivity index (χ0) is 24.5. The molecular weight excluding hydrogens is 446 g/mol. The SMILES string of the molecule is Cc1cc(C)c(S(=O)(=O)N2CCC(C(=O)N3CCCC(CN4CCC(C)CC4)C3)CC2)c(C)c1. The minimum atomic E-state index is -3.54. The zero-order valence-corrected chi connectivity index (χ0v) is 22.4. The number of carbonyl (C=O) groups is 1. The summed E-state index contributed by atoms with van der Waals surface area (Å²) >= 11 is 0. The summed E-state index contributed by atoms with van der Waals surface area (Å²) in [5.41, 5.74) is 2.68. The topological polar surface area (TPSA) is 60.9 Å². The molecule has 6 nitrogen and oxygen atoms in total. The summed E-state index contributed by atoms with van der Waals surface area (Å²) in [4.78, 5) is 18.5. The molecule has 34 heavy (non-hydrogen) atoms. The summed E-state index contributed by atoms with van der Waals surface area (Å²) in [5.74, 6) is 1.60. The van der Waals surface area contributed by atoms with Crippen molar-refractivity contribution in [1.82, 2.24) is 14.1 Å².